The van der Waals surface area contributed by atoms with Crippen LogP contribution in [0.4, 0.5) is 0 Å². The quantitative estimate of drug-likeness (QED) is 0.525. The van der Waals surface area contributed by atoms with Gasteiger partial charge in [-0.3, -0.25) is 4.98 Å². The van der Waals surface area contributed by atoms with E-state index < -0.39 is 5.63 Å². The summed E-state index contributed by atoms with van der Waals surface area (Å²) in [7, 11) is 3.12. The monoisotopic (exact) mass is 367 g/mol. The Morgan fingerprint density at radius 3 is 2.56 bits per heavy atom. The molecule has 0 aliphatic rings. The Balaban J connectivity index is 2.04. The molecule has 5 nitrogen and oxygen atoms in total. The van der Waals surface area contributed by atoms with Gasteiger partial charge >= 0.3 is 5.63 Å². The molecule has 0 atom stereocenters. The number of methoxy groups -OCH3 is 2. The van der Waals surface area contributed by atoms with Crippen molar-refractivity contribution in [3.05, 3.63) is 52.6 Å². The average molecular weight is 367 g/mol. The average Bonchev–Trinajstić information content (AvgIpc) is 2.70. The van der Waals surface area contributed by atoms with Gasteiger partial charge in [0.1, 0.15) is 5.76 Å². The molecule has 0 saturated heterocycles. The van der Waals surface area contributed by atoms with Crippen LogP contribution in [0.3, 0.4) is 0 Å². The molecule has 0 aliphatic carbocycles. The molecule has 0 unspecified atom stereocenters. The van der Waals surface area contributed by atoms with Gasteiger partial charge in [-0.15, -0.1) is 0 Å². The molecule has 142 valence electrons. The lowest BCUT2D eigenvalue weighted by Gasteiger charge is -2.11. The third-order valence-corrected chi connectivity index (χ3v) is 4.73. The highest BCUT2D eigenvalue weighted by Crippen LogP contribution is 2.33. The maximum atomic E-state index is 12.6. The number of fused-ring (bicyclic) bond motifs is 1. The number of aryl methyl sites for hydroxylation is 1. The molecule has 0 bridgehead atoms. The zero-order chi connectivity index (χ0) is 19.2. The highest BCUT2D eigenvalue weighted by Gasteiger charge is 2.14. The summed E-state index contributed by atoms with van der Waals surface area (Å²) in [6.45, 7) is 2.20. The van der Waals surface area contributed by atoms with Crippen molar-refractivity contribution < 1.29 is 13.9 Å². The molecule has 3 aromatic rings. The van der Waals surface area contributed by atoms with E-state index >= 15 is 0 Å². The van der Waals surface area contributed by atoms with Crippen LogP contribution < -0.4 is 15.1 Å². The molecule has 0 radical (unpaired) electrons. The fourth-order valence-corrected chi connectivity index (χ4v) is 3.26. The molecule has 0 spiro atoms. The van der Waals surface area contributed by atoms with Crippen LogP contribution in [0, 0.1) is 0 Å². The fourth-order valence-electron chi connectivity index (χ4n) is 3.26. The maximum Gasteiger partial charge on any atom is 0.344 e. The van der Waals surface area contributed by atoms with Crippen molar-refractivity contribution in [2.75, 3.05) is 14.2 Å². The Morgan fingerprint density at radius 2 is 1.81 bits per heavy atom. The molecule has 27 heavy (non-hydrogen) atoms. The van der Waals surface area contributed by atoms with Crippen LogP contribution in [0.15, 0.2) is 45.9 Å². The van der Waals surface area contributed by atoms with Crippen LogP contribution >= 0.6 is 0 Å². The third-order valence-electron chi connectivity index (χ3n) is 4.73. The van der Waals surface area contributed by atoms with E-state index in [1.807, 2.05) is 18.3 Å². The molecule has 0 N–H and O–H groups in total. The Kier molecular flexibility index (Phi) is 6.12. The first-order chi connectivity index (χ1) is 13.2. The van der Waals surface area contributed by atoms with Gasteiger partial charge in [0, 0.05) is 18.0 Å². The summed E-state index contributed by atoms with van der Waals surface area (Å²) in [6, 6.07) is 7.24. The van der Waals surface area contributed by atoms with E-state index in [2.05, 4.69) is 11.9 Å². The number of benzene rings is 1. The van der Waals surface area contributed by atoms with Gasteiger partial charge in [0.2, 0.25) is 0 Å². The molecule has 0 saturated carbocycles. The summed E-state index contributed by atoms with van der Waals surface area (Å²) in [4.78, 5) is 16.8. The summed E-state index contributed by atoms with van der Waals surface area (Å²) >= 11 is 0. The van der Waals surface area contributed by atoms with Gasteiger partial charge in [0.15, 0.2) is 11.5 Å². The van der Waals surface area contributed by atoms with Crippen molar-refractivity contribution in [3.8, 4) is 22.8 Å². The van der Waals surface area contributed by atoms with Crippen LogP contribution in [-0.4, -0.2) is 19.2 Å². The van der Waals surface area contributed by atoms with E-state index in [-0.39, 0.29) is 0 Å². The predicted octanol–water partition coefficient (Wildman–Crippen LogP) is 5.00. The Bertz CT molecular complexity index is 978. The summed E-state index contributed by atoms with van der Waals surface area (Å²) in [5.41, 5.74) is 1.61. The summed E-state index contributed by atoms with van der Waals surface area (Å²) < 4.78 is 16.3. The maximum absolute atomic E-state index is 12.6. The molecular formula is C22H25NO4. The number of rotatable bonds is 8. The van der Waals surface area contributed by atoms with Crippen molar-refractivity contribution in [3.63, 3.8) is 0 Å². The lowest BCUT2D eigenvalue weighted by Crippen LogP contribution is -2.03. The Hall–Kier alpha value is -2.82. The summed E-state index contributed by atoms with van der Waals surface area (Å²) in [6.07, 6.45) is 9.20. The molecule has 0 amide bonds. The molecule has 5 heteroatoms. The van der Waals surface area contributed by atoms with Gasteiger partial charge in [0.25, 0.3) is 0 Å². The minimum Gasteiger partial charge on any atom is -0.493 e. The van der Waals surface area contributed by atoms with E-state index in [1.54, 1.807) is 32.5 Å². The molecule has 0 aliphatic heterocycles. The number of hydrogen-bond acceptors (Lipinski definition) is 5. The smallest absolute Gasteiger partial charge is 0.344 e. The number of ether oxygens (including phenoxy) is 2. The van der Waals surface area contributed by atoms with E-state index in [1.165, 1.54) is 19.3 Å². The lowest BCUT2D eigenvalue weighted by molar-refractivity contribution is 0.355. The van der Waals surface area contributed by atoms with Crippen LogP contribution in [0.2, 0.25) is 0 Å². The lowest BCUT2D eigenvalue weighted by atomic mass is 10.0. The van der Waals surface area contributed by atoms with E-state index in [0.29, 0.717) is 22.6 Å². The van der Waals surface area contributed by atoms with Crippen molar-refractivity contribution in [2.45, 2.75) is 39.0 Å². The van der Waals surface area contributed by atoms with Gasteiger partial charge in [-0.05, 0) is 48.1 Å². The second kappa shape index (κ2) is 8.71. The first-order valence-corrected chi connectivity index (χ1v) is 9.31. The van der Waals surface area contributed by atoms with E-state index in [9.17, 15) is 4.79 Å². The normalized spacial score (nSPS) is 10.9. The number of aromatic nitrogens is 1. The SMILES string of the molecule is CCCCCCc1cnccc1-c1cc2cc(OC)c(OC)cc2c(=O)o1. The topological polar surface area (TPSA) is 61.6 Å². The molecule has 0 fully saturated rings. The molecule has 1 aromatic carbocycles. The molecule has 3 rings (SSSR count). The van der Waals surface area contributed by atoms with Crippen molar-refractivity contribution in [1.82, 2.24) is 4.98 Å². The first-order valence-electron chi connectivity index (χ1n) is 9.31. The van der Waals surface area contributed by atoms with Gasteiger partial charge < -0.3 is 13.9 Å². The molecular weight excluding hydrogens is 342 g/mol. The van der Waals surface area contributed by atoms with Gasteiger partial charge in [-0.1, -0.05) is 26.2 Å². The summed E-state index contributed by atoms with van der Waals surface area (Å²) in [5.74, 6) is 1.63. The highest BCUT2D eigenvalue weighted by atomic mass is 16.5. The minimum atomic E-state index is -0.391. The van der Waals surface area contributed by atoms with Crippen LogP contribution in [-0.2, 0) is 6.42 Å². The highest BCUT2D eigenvalue weighted by molar-refractivity contribution is 5.87. The van der Waals surface area contributed by atoms with E-state index in [4.69, 9.17) is 13.9 Å². The molecule has 2 heterocycles. The minimum absolute atomic E-state index is 0.391. The summed E-state index contributed by atoms with van der Waals surface area (Å²) in [5, 5.41) is 1.22. The van der Waals surface area contributed by atoms with Gasteiger partial charge in [-0.2, -0.15) is 0 Å². The number of hydrogen-bond donors (Lipinski definition) is 0. The van der Waals surface area contributed by atoms with Crippen LogP contribution in [0.5, 0.6) is 11.5 Å². The van der Waals surface area contributed by atoms with Crippen LogP contribution in [0.25, 0.3) is 22.1 Å². The zero-order valence-electron chi connectivity index (χ0n) is 16.1. The third kappa shape index (κ3) is 4.13. The van der Waals surface area contributed by atoms with Crippen molar-refractivity contribution >= 4 is 10.8 Å². The van der Waals surface area contributed by atoms with Crippen LogP contribution in [0.1, 0.15) is 38.2 Å². The molecule has 2 aromatic heterocycles. The fraction of sp³-hybridized carbons (Fsp3) is 0.364. The van der Waals surface area contributed by atoms with Gasteiger partial charge in [0.05, 0.1) is 19.6 Å². The zero-order valence-corrected chi connectivity index (χ0v) is 16.1. The standard InChI is InChI=1S/C22H25NO4/c1-4-5-6-7-8-15-14-23-10-9-17(15)19-11-16-12-20(25-2)21(26-3)13-18(16)22(24)27-19/h9-14H,4-8H2,1-3H3. The number of unbranched alkanes of at least 4 members (excludes halogenated alkanes) is 3. The number of nitrogens with zero attached hydrogens (tertiary/aromatic N) is 1. The second-order valence-corrected chi connectivity index (χ2v) is 6.54. The largest absolute Gasteiger partial charge is 0.493 e. The van der Waals surface area contributed by atoms with Gasteiger partial charge in [-0.25, -0.2) is 4.79 Å². The predicted molar refractivity (Wildman–Crippen MR) is 107 cm³/mol. The van der Waals surface area contributed by atoms with Crippen molar-refractivity contribution in [1.29, 1.82) is 0 Å². The second-order valence-electron chi connectivity index (χ2n) is 6.54. The first kappa shape index (κ1) is 19.0. The number of pyridine rings is 1. The Morgan fingerprint density at radius 1 is 1.04 bits per heavy atom. The van der Waals surface area contributed by atoms with Crippen molar-refractivity contribution in [2.24, 2.45) is 0 Å². The van der Waals surface area contributed by atoms with E-state index in [0.717, 1.165) is 29.4 Å². The Labute approximate surface area is 159 Å².